The summed E-state index contributed by atoms with van der Waals surface area (Å²) in [6.07, 6.45) is 4.37. The highest BCUT2D eigenvalue weighted by molar-refractivity contribution is 5.91. The van der Waals surface area contributed by atoms with Gasteiger partial charge in [-0.3, -0.25) is 9.69 Å². The predicted octanol–water partition coefficient (Wildman–Crippen LogP) is 2.83. The summed E-state index contributed by atoms with van der Waals surface area (Å²) in [5.41, 5.74) is 0. The number of anilines is 1. The minimum absolute atomic E-state index is 0.0364. The van der Waals surface area contributed by atoms with E-state index in [0.717, 1.165) is 30.3 Å². The predicted molar refractivity (Wildman–Crippen MR) is 93.0 cm³/mol. The molecular formula is C17H23F3N6O. The highest BCUT2D eigenvalue weighted by Crippen LogP contribution is 2.31. The monoisotopic (exact) mass is 384 g/mol. The molecule has 1 aliphatic rings. The smallest absolute Gasteiger partial charge is 0.325 e. The van der Waals surface area contributed by atoms with Crippen LogP contribution in [0.15, 0.2) is 24.7 Å². The highest BCUT2D eigenvalue weighted by atomic mass is 19.4. The van der Waals surface area contributed by atoms with Crippen molar-refractivity contribution in [3.63, 3.8) is 0 Å². The van der Waals surface area contributed by atoms with Crippen molar-refractivity contribution in [3.8, 4) is 0 Å². The molecule has 2 heterocycles. The maximum atomic E-state index is 12.6. The van der Waals surface area contributed by atoms with Gasteiger partial charge >= 0.3 is 6.18 Å². The first kappa shape index (κ1) is 19.4. The van der Waals surface area contributed by atoms with Gasteiger partial charge < -0.3 is 9.88 Å². The number of rotatable bonds is 7. The SMILES string of the molecule is CN(CC(=O)Nc1ccnn1C1CCCC1)Cc1nccn1CC(F)(F)F. The summed E-state index contributed by atoms with van der Waals surface area (Å²) in [5, 5.41) is 7.15. The molecule has 7 nitrogen and oxygen atoms in total. The van der Waals surface area contributed by atoms with Crippen LogP contribution in [0.25, 0.3) is 0 Å². The van der Waals surface area contributed by atoms with Crippen molar-refractivity contribution in [2.45, 2.75) is 51.0 Å². The lowest BCUT2D eigenvalue weighted by atomic mass is 10.2. The Kier molecular flexibility index (Phi) is 5.83. The fourth-order valence-corrected chi connectivity index (χ4v) is 3.41. The molecule has 148 valence electrons. The molecule has 1 amide bonds. The number of nitrogens with zero attached hydrogens (tertiary/aromatic N) is 5. The molecule has 0 bridgehead atoms. The third kappa shape index (κ3) is 5.31. The zero-order valence-corrected chi connectivity index (χ0v) is 15.1. The van der Waals surface area contributed by atoms with Crippen molar-refractivity contribution in [3.05, 3.63) is 30.5 Å². The largest absolute Gasteiger partial charge is 0.406 e. The number of hydrogen-bond donors (Lipinski definition) is 1. The van der Waals surface area contributed by atoms with E-state index in [9.17, 15) is 18.0 Å². The van der Waals surface area contributed by atoms with Crippen LogP contribution in [0.3, 0.4) is 0 Å². The Morgan fingerprint density at radius 2 is 2.07 bits per heavy atom. The third-order valence-corrected chi connectivity index (χ3v) is 4.58. The first-order valence-corrected chi connectivity index (χ1v) is 8.90. The van der Waals surface area contributed by atoms with Crippen LogP contribution in [0.1, 0.15) is 37.5 Å². The average molecular weight is 384 g/mol. The molecule has 0 radical (unpaired) electrons. The number of likely N-dealkylation sites (N-methyl/N-ethyl adjacent to an activating group) is 1. The molecule has 1 N–H and O–H groups in total. The molecule has 0 saturated heterocycles. The molecule has 3 rings (SSSR count). The van der Waals surface area contributed by atoms with Crippen LogP contribution in [0.4, 0.5) is 19.0 Å². The van der Waals surface area contributed by atoms with Crippen molar-refractivity contribution < 1.29 is 18.0 Å². The fraction of sp³-hybridized carbons (Fsp3) is 0.588. The molecule has 1 aliphatic carbocycles. The van der Waals surface area contributed by atoms with Crippen LogP contribution in [0.5, 0.6) is 0 Å². The Morgan fingerprint density at radius 3 is 2.78 bits per heavy atom. The Morgan fingerprint density at radius 1 is 1.33 bits per heavy atom. The first-order chi connectivity index (χ1) is 12.8. The maximum Gasteiger partial charge on any atom is 0.406 e. The molecule has 0 atom stereocenters. The molecule has 1 fully saturated rings. The van der Waals surface area contributed by atoms with E-state index in [1.54, 1.807) is 24.2 Å². The molecule has 0 aliphatic heterocycles. The van der Waals surface area contributed by atoms with Gasteiger partial charge in [0.15, 0.2) is 0 Å². The molecule has 0 unspecified atom stereocenters. The Bertz CT molecular complexity index is 763. The van der Waals surface area contributed by atoms with Crippen molar-refractivity contribution in [2.75, 3.05) is 18.9 Å². The zero-order chi connectivity index (χ0) is 19.4. The number of hydrogen-bond acceptors (Lipinski definition) is 4. The van der Waals surface area contributed by atoms with Crippen molar-refractivity contribution in [1.82, 2.24) is 24.2 Å². The van der Waals surface area contributed by atoms with Gasteiger partial charge in [-0.2, -0.15) is 18.3 Å². The van der Waals surface area contributed by atoms with Gasteiger partial charge in [0, 0.05) is 18.5 Å². The summed E-state index contributed by atoms with van der Waals surface area (Å²) >= 11 is 0. The first-order valence-electron chi connectivity index (χ1n) is 8.90. The number of aromatic nitrogens is 4. The number of alkyl halides is 3. The number of carbonyl (C=O) groups is 1. The second-order valence-electron chi connectivity index (χ2n) is 6.91. The van der Waals surface area contributed by atoms with Gasteiger partial charge in [-0.15, -0.1) is 0 Å². The van der Waals surface area contributed by atoms with Gasteiger partial charge in [0.2, 0.25) is 5.91 Å². The second-order valence-corrected chi connectivity index (χ2v) is 6.91. The lowest BCUT2D eigenvalue weighted by Gasteiger charge is -2.19. The maximum absolute atomic E-state index is 12.6. The van der Waals surface area contributed by atoms with Crippen LogP contribution < -0.4 is 5.32 Å². The Hall–Kier alpha value is -2.36. The average Bonchev–Trinajstić information content (AvgIpc) is 3.28. The van der Waals surface area contributed by atoms with E-state index in [1.807, 2.05) is 4.68 Å². The lowest BCUT2D eigenvalue weighted by molar-refractivity contribution is -0.141. The Labute approximate surface area is 155 Å². The highest BCUT2D eigenvalue weighted by Gasteiger charge is 2.29. The van der Waals surface area contributed by atoms with E-state index in [4.69, 9.17) is 0 Å². The minimum atomic E-state index is -4.32. The third-order valence-electron chi connectivity index (χ3n) is 4.58. The number of halogens is 3. The van der Waals surface area contributed by atoms with E-state index < -0.39 is 12.7 Å². The Balaban J connectivity index is 1.55. The number of carbonyl (C=O) groups excluding carboxylic acids is 1. The standard InChI is InChI=1S/C17H23F3N6O/c1-24(10-15-21-8-9-25(15)12-17(18,19)20)11-16(27)23-14-6-7-22-26(14)13-4-2-3-5-13/h6-9,13H,2-5,10-12H2,1H3,(H,23,27). The number of imidazole rings is 1. The quantitative estimate of drug-likeness (QED) is 0.797. The van der Waals surface area contributed by atoms with E-state index in [2.05, 4.69) is 15.4 Å². The molecular weight excluding hydrogens is 361 g/mol. The van der Waals surface area contributed by atoms with Gasteiger partial charge in [-0.1, -0.05) is 12.8 Å². The zero-order valence-electron chi connectivity index (χ0n) is 15.1. The number of nitrogens with one attached hydrogen (secondary N) is 1. The summed E-state index contributed by atoms with van der Waals surface area (Å²) in [4.78, 5) is 17.9. The summed E-state index contributed by atoms with van der Waals surface area (Å²) in [6, 6.07) is 2.06. The van der Waals surface area contributed by atoms with Crippen LogP contribution in [-0.2, 0) is 17.9 Å². The van der Waals surface area contributed by atoms with Crippen LogP contribution in [0.2, 0.25) is 0 Å². The summed E-state index contributed by atoms with van der Waals surface area (Å²) in [6.45, 7) is -0.921. The summed E-state index contributed by atoms with van der Waals surface area (Å²) in [7, 11) is 1.67. The van der Waals surface area contributed by atoms with Gasteiger partial charge in [0.05, 0.1) is 25.3 Å². The summed E-state index contributed by atoms with van der Waals surface area (Å²) < 4.78 is 40.7. The van der Waals surface area contributed by atoms with E-state index in [1.165, 1.54) is 12.4 Å². The summed E-state index contributed by atoms with van der Waals surface area (Å²) in [5.74, 6) is 0.670. The van der Waals surface area contributed by atoms with Crippen LogP contribution >= 0.6 is 0 Å². The van der Waals surface area contributed by atoms with Gasteiger partial charge in [0.25, 0.3) is 0 Å². The molecule has 27 heavy (non-hydrogen) atoms. The molecule has 1 saturated carbocycles. The number of amides is 1. The van der Waals surface area contributed by atoms with Gasteiger partial charge in [-0.25, -0.2) is 9.67 Å². The van der Waals surface area contributed by atoms with Crippen molar-refractivity contribution >= 4 is 11.7 Å². The van der Waals surface area contributed by atoms with E-state index >= 15 is 0 Å². The molecule has 0 aromatic carbocycles. The van der Waals surface area contributed by atoms with Crippen LogP contribution in [-0.4, -0.2) is 49.9 Å². The van der Waals surface area contributed by atoms with Crippen molar-refractivity contribution in [1.29, 1.82) is 0 Å². The topological polar surface area (TPSA) is 68.0 Å². The van der Waals surface area contributed by atoms with Gasteiger partial charge in [-0.05, 0) is 19.9 Å². The van der Waals surface area contributed by atoms with Crippen molar-refractivity contribution in [2.24, 2.45) is 0 Å². The van der Waals surface area contributed by atoms with Gasteiger partial charge in [0.1, 0.15) is 18.2 Å². The lowest BCUT2D eigenvalue weighted by Crippen LogP contribution is -2.32. The van der Waals surface area contributed by atoms with E-state index in [0.29, 0.717) is 11.9 Å². The second kappa shape index (κ2) is 8.12. The van der Waals surface area contributed by atoms with E-state index in [-0.39, 0.29) is 24.8 Å². The molecule has 10 heteroatoms. The molecule has 2 aromatic rings. The fourth-order valence-electron chi connectivity index (χ4n) is 3.41. The minimum Gasteiger partial charge on any atom is -0.325 e. The molecule has 2 aromatic heterocycles. The molecule has 0 spiro atoms. The van der Waals surface area contributed by atoms with Crippen LogP contribution in [0, 0.1) is 0 Å². The normalized spacial score (nSPS) is 15.6.